The number of hydrogen-bond donors (Lipinski definition) is 2. The zero-order chi connectivity index (χ0) is 14.4. The highest BCUT2D eigenvalue weighted by molar-refractivity contribution is 5.80. The summed E-state index contributed by atoms with van der Waals surface area (Å²) in [6.07, 6.45) is 3.06. The predicted octanol–water partition coefficient (Wildman–Crippen LogP) is -0.131. The van der Waals surface area contributed by atoms with Gasteiger partial charge < -0.3 is 15.4 Å². The van der Waals surface area contributed by atoms with Gasteiger partial charge in [-0.15, -0.1) is 0 Å². The third-order valence-electron chi connectivity index (χ3n) is 2.68. The molecule has 0 aliphatic carbocycles. The minimum absolute atomic E-state index is 0.0134. The van der Waals surface area contributed by atoms with Crippen molar-refractivity contribution in [2.75, 3.05) is 32.1 Å². The third-order valence-corrected chi connectivity index (χ3v) is 2.68. The van der Waals surface area contributed by atoms with E-state index >= 15 is 0 Å². The Kier molecular flexibility index (Phi) is 4.67. The summed E-state index contributed by atoms with van der Waals surface area (Å²) in [5.41, 5.74) is 0.614. The Morgan fingerprint density at radius 1 is 1.45 bits per heavy atom. The summed E-state index contributed by atoms with van der Waals surface area (Å²) < 4.78 is 6.25. The molecule has 0 aliphatic heterocycles. The molecule has 2 rings (SSSR count). The molecule has 1 amide bonds. The van der Waals surface area contributed by atoms with E-state index in [9.17, 15) is 9.59 Å². The summed E-state index contributed by atoms with van der Waals surface area (Å²) in [5, 5.41) is 5.44. The average molecular weight is 276 g/mol. The second-order valence-corrected chi connectivity index (χ2v) is 4.10. The van der Waals surface area contributed by atoms with E-state index in [0.717, 1.165) is 0 Å². The van der Waals surface area contributed by atoms with Crippen LogP contribution >= 0.6 is 0 Å². The van der Waals surface area contributed by atoms with Crippen LogP contribution < -0.4 is 16.2 Å². The van der Waals surface area contributed by atoms with Gasteiger partial charge in [0.2, 0.25) is 5.91 Å². The first kappa shape index (κ1) is 14.0. The number of aromatic nitrogens is 2. The van der Waals surface area contributed by atoms with Crippen LogP contribution in [0.4, 0.5) is 5.69 Å². The highest BCUT2D eigenvalue weighted by Crippen LogP contribution is 2.00. The quantitative estimate of drug-likeness (QED) is 0.718. The summed E-state index contributed by atoms with van der Waals surface area (Å²) in [6, 6.07) is 5.29. The van der Waals surface area contributed by atoms with Gasteiger partial charge in [0.05, 0.1) is 19.3 Å². The van der Waals surface area contributed by atoms with Crippen molar-refractivity contribution >= 4 is 17.2 Å². The SMILES string of the molecule is COCCNC(=O)CNc1cnc2ccccn2c1=O. The first-order valence-corrected chi connectivity index (χ1v) is 6.18. The Bertz CT molecular complexity index is 653. The molecule has 106 valence electrons. The van der Waals surface area contributed by atoms with E-state index in [4.69, 9.17) is 4.74 Å². The molecule has 2 aromatic rings. The Hall–Kier alpha value is -2.41. The van der Waals surface area contributed by atoms with Gasteiger partial charge in [-0.1, -0.05) is 6.07 Å². The third kappa shape index (κ3) is 3.33. The molecule has 0 saturated heterocycles. The molecule has 7 heteroatoms. The molecule has 7 nitrogen and oxygen atoms in total. The van der Waals surface area contributed by atoms with E-state index in [2.05, 4.69) is 15.6 Å². The molecular formula is C13H16N4O3. The minimum Gasteiger partial charge on any atom is -0.383 e. The summed E-state index contributed by atoms with van der Waals surface area (Å²) in [4.78, 5) is 27.8. The number of carbonyl (C=O) groups is 1. The first-order valence-electron chi connectivity index (χ1n) is 6.18. The van der Waals surface area contributed by atoms with E-state index in [-0.39, 0.29) is 23.7 Å². The molecule has 0 atom stereocenters. The van der Waals surface area contributed by atoms with Crippen molar-refractivity contribution in [1.82, 2.24) is 14.7 Å². The van der Waals surface area contributed by atoms with Crippen molar-refractivity contribution < 1.29 is 9.53 Å². The van der Waals surface area contributed by atoms with Crippen LogP contribution in [-0.4, -0.2) is 42.1 Å². The number of nitrogens with zero attached hydrogens (tertiary/aromatic N) is 2. The normalized spacial score (nSPS) is 10.4. The van der Waals surface area contributed by atoms with Crippen LogP contribution in [0.2, 0.25) is 0 Å². The van der Waals surface area contributed by atoms with Crippen molar-refractivity contribution in [3.8, 4) is 0 Å². The number of ether oxygens (including phenoxy) is 1. The van der Waals surface area contributed by atoms with Gasteiger partial charge in [0, 0.05) is 19.9 Å². The smallest absolute Gasteiger partial charge is 0.281 e. The number of nitrogens with one attached hydrogen (secondary N) is 2. The average Bonchev–Trinajstić information content (AvgIpc) is 2.47. The van der Waals surface area contributed by atoms with Gasteiger partial charge in [0.15, 0.2) is 0 Å². The molecule has 0 unspecified atom stereocenters. The molecule has 2 heterocycles. The lowest BCUT2D eigenvalue weighted by Crippen LogP contribution is -2.33. The molecule has 0 bridgehead atoms. The number of fused-ring (bicyclic) bond motifs is 1. The Morgan fingerprint density at radius 2 is 2.30 bits per heavy atom. The fraction of sp³-hybridized carbons (Fsp3) is 0.308. The predicted molar refractivity (Wildman–Crippen MR) is 74.8 cm³/mol. The van der Waals surface area contributed by atoms with Gasteiger partial charge in [-0.3, -0.25) is 14.0 Å². The van der Waals surface area contributed by atoms with Gasteiger partial charge in [-0.2, -0.15) is 0 Å². The topological polar surface area (TPSA) is 84.7 Å². The van der Waals surface area contributed by atoms with E-state index in [1.807, 2.05) is 0 Å². The highest BCUT2D eigenvalue weighted by atomic mass is 16.5. The maximum absolute atomic E-state index is 12.1. The fourth-order valence-electron chi connectivity index (χ4n) is 1.68. The van der Waals surface area contributed by atoms with Crippen LogP contribution in [0, 0.1) is 0 Å². The van der Waals surface area contributed by atoms with Crippen LogP contribution in [0.25, 0.3) is 5.65 Å². The summed E-state index contributed by atoms with van der Waals surface area (Å²) in [5.74, 6) is -0.209. The van der Waals surface area contributed by atoms with Crippen molar-refractivity contribution in [3.05, 3.63) is 40.9 Å². The van der Waals surface area contributed by atoms with Crippen LogP contribution in [0.3, 0.4) is 0 Å². The highest BCUT2D eigenvalue weighted by Gasteiger charge is 2.06. The van der Waals surface area contributed by atoms with Gasteiger partial charge in [0.25, 0.3) is 5.56 Å². The summed E-state index contributed by atoms with van der Waals surface area (Å²) in [7, 11) is 1.56. The van der Waals surface area contributed by atoms with Crippen LogP contribution in [0.15, 0.2) is 35.4 Å². The van der Waals surface area contributed by atoms with E-state index < -0.39 is 0 Å². The Balaban J connectivity index is 2.02. The standard InChI is InChI=1S/C13H16N4O3/c1-20-7-5-14-12(18)9-15-10-8-16-11-4-2-3-6-17(11)13(10)19/h2-4,6,8,15H,5,7,9H2,1H3,(H,14,18). The minimum atomic E-state index is -0.236. The van der Waals surface area contributed by atoms with Crippen molar-refractivity contribution in [3.63, 3.8) is 0 Å². The second kappa shape index (κ2) is 6.67. The maximum atomic E-state index is 12.1. The maximum Gasteiger partial charge on any atom is 0.281 e. The van der Waals surface area contributed by atoms with Crippen molar-refractivity contribution in [1.29, 1.82) is 0 Å². The number of rotatable bonds is 6. The van der Waals surface area contributed by atoms with Crippen molar-refractivity contribution in [2.45, 2.75) is 0 Å². The molecule has 0 spiro atoms. The molecule has 2 N–H and O–H groups in total. The molecule has 0 radical (unpaired) electrons. The van der Waals surface area contributed by atoms with E-state index in [0.29, 0.717) is 18.8 Å². The molecule has 20 heavy (non-hydrogen) atoms. The lowest BCUT2D eigenvalue weighted by molar-refractivity contribution is -0.119. The molecular weight excluding hydrogens is 260 g/mol. The number of hydrogen-bond acceptors (Lipinski definition) is 5. The van der Waals surface area contributed by atoms with Crippen LogP contribution in [0.5, 0.6) is 0 Å². The van der Waals surface area contributed by atoms with Gasteiger partial charge in [-0.05, 0) is 12.1 Å². The number of anilines is 1. The lowest BCUT2D eigenvalue weighted by atomic mass is 10.4. The largest absolute Gasteiger partial charge is 0.383 e. The van der Waals surface area contributed by atoms with E-state index in [1.165, 1.54) is 10.6 Å². The zero-order valence-corrected chi connectivity index (χ0v) is 11.1. The van der Waals surface area contributed by atoms with Gasteiger partial charge >= 0.3 is 0 Å². The number of amides is 1. The lowest BCUT2D eigenvalue weighted by Gasteiger charge is -2.07. The number of pyridine rings is 1. The van der Waals surface area contributed by atoms with Crippen LogP contribution in [0.1, 0.15) is 0 Å². The molecule has 0 fully saturated rings. The number of carbonyl (C=O) groups excluding carboxylic acids is 1. The molecule has 0 saturated carbocycles. The first-order chi connectivity index (χ1) is 9.72. The fourth-order valence-corrected chi connectivity index (χ4v) is 1.68. The number of methoxy groups -OCH3 is 1. The second-order valence-electron chi connectivity index (χ2n) is 4.10. The Morgan fingerprint density at radius 3 is 3.10 bits per heavy atom. The zero-order valence-electron chi connectivity index (χ0n) is 11.1. The molecule has 0 aromatic carbocycles. The summed E-state index contributed by atoms with van der Waals surface area (Å²) >= 11 is 0. The Labute approximate surface area is 115 Å². The molecule has 0 aliphatic rings. The van der Waals surface area contributed by atoms with Gasteiger partial charge in [-0.25, -0.2) is 4.98 Å². The monoisotopic (exact) mass is 276 g/mol. The van der Waals surface area contributed by atoms with Gasteiger partial charge in [0.1, 0.15) is 11.3 Å². The van der Waals surface area contributed by atoms with E-state index in [1.54, 1.807) is 31.5 Å². The van der Waals surface area contributed by atoms with Crippen molar-refractivity contribution in [2.24, 2.45) is 0 Å². The van der Waals surface area contributed by atoms with Crippen LogP contribution in [-0.2, 0) is 9.53 Å². The summed E-state index contributed by atoms with van der Waals surface area (Å²) in [6.45, 7) is 0.900. The molecule has 2 aromatic heterocycles.